The lowest BCUT2D eigenvalue weighted by atomic mass is 9.99. The number of aryl methyl sites for hydroxylation is 1. The first-order valence-electron chi connectivity index (χ1n) is 7.73. The largest absolute Gasteiger partial charge is 0.478 e. The molecule has 3 rings (SSSR count). The van der Waals surface area contributed by atoms with Gasteiger partial charge in [-0.05, 0) is 37.0 Å². The van der Waals surface area contributed by atoms with Crippen molar-refractivity contribution < 1.29 is 9.90 Å². The summed E-state index contributed by atoms with van der Waals surface area (Å²) in [6, 6.07) is 5.22. The van der Waals surface area contributed by atoms with Gasteiger partial charge in [0.2, 0.25) is 0 Å². The number of rotatable bonds is 4. The highest BCUT2D eigenvalue weighted by Gasteiger charge is 2.24. The molecule has 1 aromatic heterocycles. The first-order chi connectivity index (χ1) is 10.6. The number of nitrogens with zero attached hydrogens (tertiary/aromatic N) is 1. The highest BCUT2D eigenvalue weighted by molar-refractivity contribution is 7.15. The number of nitrogens with two attached hydrogens (primary N) is 1. The molecule has 0 aliphatic heterocycles. The van der Waals surface area contributed by atoms with Gasteiger partial charge in [-0.3, -0.25) is 0 Å². The Morgan fingerprint density at radius 1 is 1.41 bits per heavy atom. The highest BCUT2D eigenvalue weighted by atomic mass is 32.1. The van der Waals surface area contributed by atoms with Crippen LogP contribution in [0.15, 0.2) is 18.2 Å². The lowest BCUT2D eigenvalue weighted by Gasteiger charge is -2.10. The van der Waals surface area contributed by atoms with E-state index in [1.54, 1.807) is 23.5 Å². The van der Waals surface area contributed by atoms with E-state index < -0.39 is 5.97 Å². The van der Waals surface area contributed by atoms with Gasteiger partial charge in [-0.15, -0.1) is 11.3 Å². The molecule has 1 fully saturated rings. The maximum Gasteiger partial charge on any atom is 0.337 e. The standard InChI is InChI=1S/C17H20N2O2S/c1-2-14-19-15(10-5-3-4-6-10)16(22-14)11-7-8-12(17(20)21)13(18)9-11/h7-10H,2-6,18H2,1H3,(H,20,21). The van der Waals surface area contributed by atoms with Crippen LogP contribution >= 0.6 is 11.3 Å². The molecular formula is C17H20N2O2S. The smallest absolute Gasteiger partial charge is 0.337 e. The van der Waals surface area contributed by atoms with Gasteiger partial charge in [0, 0.05) is 11.6 Å². The zero-order chi connectivity index (χ0) is 15.7. The number of carboxylic acid groups (broad SMARTS) is 1. The van der Waals surface area contributed by atoms with Crippen LogP contribution in [-0.2, 0) is 6.42 Å². The lowest BCUT2D eigenvalue weighted by molar-refractivity contribution is 0.0698. The number of carbonyl (C=O) groups is 1. The zero-order valence-electron chi connectivity index (χ0n) is 12.6. The van der Waals surface area contributed by atoms with Crippen molar-refractivity contribution in [1.29, 1.82) is 0 Å². The average Bonchev–Trinajstić information content (AvgIpc) is 3.15. The minimum Gasteiger partial charge on any atom is -0.478 e. The second-order valence-electron chi connectivity index (χ2n) is 5.76. The summed E-state index contributed by atoms with van der Waals surface area (Å²) in [7, 11) is 0. The maximum atomic E-state index is 11.1. The third kappa shape index (κ3) is 2.73. The molecule has 0 radical (unpaired) electrons. The Bertz CT molecular complexity index is 703. The Labute approximate surface area is 134 Å². The van der Waals surface area contributed by atoms with Crippen LogP contribution in [-0.4, -0.2) is 16.1 Å². The Kier molecular flexibility index (Phi) is 4.16. The van der Waals surface area contributed by atoms with Crippen LogP contribution < -0.4 is 5.73 Å². The molecule has 1 heterocycles. The highest BCUT2D eigenvalue weighted by Crippen LogP contribution is 2.42. The fraction of sp³-hybridized carbons (Fsp3) is 0.412. The van der Waals surface area contributed by atoms with Gasteiger partial charge in [0.25, 0.3) is 0 Å². The molecule has 0 saturated heterocycles. The molecule has 0 amide bonds. The molecule has 0 atom stereocenters. The molecule has 1 aliphatic rings. The minimum atomic E-state index is -0.987. The second kappa shape index (κ2) is 6.08. The van der Waals surface area contributed by atoms with Crippen LogP contribution in [0.1, 0.15) is 59.6 Å². The average molecular weight is 316 g/mol. The van der Waals surface area contributed by atoms with Crippen LogP contribution in [0.3, 0.4) is 0 Å². The lowest BCUT2D eigenvalue weighted by Crippen LogP contribution is -2.02. The van der Waals surface area contributed by atoms with Gasteiger partial charge in [-0.25, -0.2) is 9.78 Å². The topological polar surface area (TPSA) is 76.2 Å². The van der Waals surface area contributed by atoms with Crippen molar-refractivity contribution >= 4 is 23.0 Å². The van der Waals surface area contributed by atoms with Crippen LogP contribution in [0.25, 0.3) is 10.4 Å². The molecule has 3 N–H and O–H groups in total. The van der Waals surface area contributed by atoms with Crippen molar-refractivity contribution in [2.75, 3.05) is 5.73 Å². The van der Waals surface area contributed by atoms with E-state index in [2.05, 4.69) is 6.92 Å². The molecule has 1 saturated carbocycles. The number of aromatic nitrogens is 1. The van der Waals surface area contributed by atoms with Crippen molar-refractivity contribution in [1.82, 2.24) is 4.98 Å². The van der Waals surface area contributed by atoms with Crippen LogP contribution in [0.5, 0.6) is 0 Å². The number of thiazole rings is 1. The number of hydrogen-bond acceptors (Lipinski definition) is 4. The van der Waals surface area contributed by atoms with Gasteiger partial charge < -0.3 is 10.8 Å². The van der Waals surface area contributed by atoms with Gasteiger partial charge in [0.05, 0.1) is 21.1 Å². The zero-order valence-corrected chi connectivity index (χ0v) is 13.4. The van der Waals surface area contributed by atoms with E-state index in [1.165, 1.54) is 31.4 Å². The van der Waals surface area contributed by atoms with Crippen LogP contribution in [0.4, 0.5) is 5.69 Å². The van der Waals surface area contributed by atoms with Gasteiger partial charge >= 0.3 is 5.97 Å². The van der Waals surface area contributed by atoms with E-state index in [0.29, 0.717) is 11.6 Å². The number of nitrogen functional groups attached to an aromatic ring is 1. The predicted octanol–water partition coefficient (Wildman–Crippen LogP) is 4.31. The molecule has 1 aliphatic carbocycles. The van der Waals surface area contributed by atoms with E-state index in [1.807, 2.05) is 6.07 Å². The van der Waals surface area contributed by atoms with E-state index >= 15 is 0 Å². The first-order valence-corrected chi connectivity index (χ1v) is 8.54. The van der Waals surface area contributed by atoms with Gasteiger partial charge in [0.1, 0.15) is 0 Å². The Morgan fingerprint density at radius 3 is 2.73 bits per heavy atom. The molecule has 0 spiro atoms. The van der Waals surface area contributed by atoms with Crippen LogP contribution in [0, 0.1) is 0 Å². The molecule has 4 nitrogen and oxygen atoms in total. The molecule has 0 unspecified atom stereocenters. The van der Waals surface area contributed by atoms with E-state index in [0.717, 1.165) is 21.9 Å². The van der Waals surface area contributed by atoms with E-state index in [4.69, 9.17) is 15.8 Å². The summed E-state index contributed by atoms with van der Waals surface area (Å²) in [5, 5.41) is 10.2. The number of benzene rings is 1. The molecule has 2 aromatic rings. The Morgan fingerprint density at radius 2 is 2.14 bits per heavy atom. The summed E-state index contributed by atoms with van der Waals surface area (Å²) < 4.78 is 0. The summed E-state index contributed by atoms with van der Waals surface area (Å²) >= 11 is 1.71. The van der Waals surface area contributed by atoms with Crippen molar-refractivity contribution in [3.8, 4) is 10.4 Å². The molecular weight excluding hydrogens is 296 g/mol. The van der Waals surface area contributed by atoms with Crippen LogP contribution in [0.2, 0.25) is 0 Å². The predicted molar refractivity (Wildman–Crippen MR) is 89.5 cm³/mol. The van der Waals surface area contributed by atoms with Crippen molar-refractivity contribution in [2.45, 2.75) is 44.9 Å². The maximum absolute atomic E-state index is 11.1. The van der Waals surface area contributed by atoms with Crippen molar-refractivity contribution in [3.05, 3.63) is 34.5 Å². The SMILES string of the molecule is CCc1nc(C2CCCC2)c(-c2ccc(C(=O)O)c(N)c2)s1. The Hall–Kier alpha value is -1.88. The Balaban J connectivity index is 2.05. The first kappa shape index (κ1) is 15.0. The molecule has 116 valence electrons. The summed E-state index contributed by atoms with van der Waals surface area (Å²) in [5.74, 6) is -0.453. The molecule has 22 heavy (non-hydrogen) atoms. The van der Waals surface area contributed by atoms with Crippen molar-refractivity contribution in [2.24, 2.45) is 0 Å². The third-order valence-electron chi connectivity index (χ3n) is 4.29. The molecule has 5 heteroatoms. The van der Waals surface area contributed by atoms with Gasteiger partial charge in [-0.1, -0.05) is 25.8 Å². The fourth-order valence-corrected chi connectivity index (χ4v) is 4.20. The number of hydrogen-bond donors (Lipinski definition) is 2. The van der Waals surface area contributed by atoms with Gasteiger partial charge in [-0.2, -0.15) is 0 Å². The normalized spacial score (nSPS) is 15.3. The molecule has 0 bridgehead atoms. The fourth-order valence-electron chi connectivity index (χ4n) is 3.11. The summed E-state index contributed by atoms with van der Waals surface area (Å²) in [6.45, 7) is 2.11. The monoisotopic (exact) mass is 316 g/mol. The van der Waals surface area contributed by atoms with Gasteiger partial charge in [0.15, 0.2) is 0 Å². The van der Waals surface area contributed by atoms with E-state index in [-0.39, 0.29) is 5.56 Å². The summed E-state index contributed by atoms with van der Waals surface area (Å²) in [5.41, 5.74) is 8.55. The minimum absolute atomic E-state index is 0.159. The summed E-state index contributed by atoms with van der Waals surface area (Å²) in [4.78, 5) is 17.1. The molecule has 1 aromatic carbocycles. The quantitative estimate of drug-likeness (QED) is 0.824. The second-order valence-corrected chi connectivity index (χ2v) is 6.85. The van der Waals surface area contributed by atoms with Crippen molar-refractivity contribution in [3.63, 3.8) is 0 Å². The number of carboxylic acids is 1. The number of anilines is 1. The summed E-state index contributed by atoms with van der Waals surface area (Å²) in [6.07, 6.45) is 5.85. The third-order valence-corrected chi connectivity index (χ3v) is 5.55. The number of aromatic carboxylic acids is 1. The van der Waals surface area contributed by atoms with E-state index in [9.17, 15) is 4.79 Å².